The highest BCUT2D eigenvalue weighted by molar-refractivity contribution is 6.30. The summed E-state index contributed by atoms with van der Waals surface area (Å²) < 4.78 is 0. The van der Waals surface area contributed by atoms with E-state index in [-0.39, 0.29) is 18.1 Å². The van der Waals surface area contributed by atoms with E-state index >= 15 is 0 Å². The van der Waals surface area contributed by atoms with Crippen LogP contribution in [0.5, 0.6) is 0 Å². The van der Waals surface area contributed by atoms with Gasteiger partial charge in [0.15, 0.2) is 0 Å². The number of amides is 1. The van der Waals surface area contributed by atoms with Crippen molar-refractivity contribution in [2.75, 3.05) is 13.2 Å². The topological polar surface area (TPSA) is 32.8 Å². The normalized spacial score (nSPS) is 25.0. The van der Waals surface area contributed by atoms with E-state index in [1.54, 1.807) is 24.3 Å². The monoisotopic (exact) mass is 374 g/mol. The molecule has 2 aromatic carbocycles. The van der Waals surface area contributed by atoms with Crippen LogP contribution in [0.15, 0.2) is 60.7 Å². The number of hydroxylamine groups is 2. The lowest BCUT2D eigenvalue weighted by Crippen LogP contribution is -2.55. The average molecular weight is 375 g/mol. The Labute approximate surface area is 156 Å². The first kappa shape index (κ1) is 16.6. The molecule has 25 heavy (non-hydrogen) atoms. The van der Waals surface area contributed by atoms with E-state index in [0.717, 1.165) is 12.1 Å². The Bertz CT molecular complexity index is 805. The van der Waals surface area contributed by atoms with Gasteiger partial charge in [0.1, 0.15) is 12.8 Å². The summed E-state index contributed by atoms with van der Waals surface area (Å²) in [5.41, 5.74) is 1.68. The summed E-state index contributed by atoms with van der Waals surface area (Å²) in [5, 5.41) is 2.72. The molecule has 3 atom stereocenters. The van der Waals surface area contributed by atoms with Crippen LogP contribution in [0.2, 0.25) is 10.0 Å². The van der Waals surface area contributed by atoms with Crippen molar-refractivity contribution >= 4 is 29.1 Å². The Hall–Kier alpha value is -1.85. The van der Waals surface area contributed by atoms with Gasteiger partial charge in [-0.3, -0.25) is 14.5 Å². The number of fused-ring (bicyclic) bond motifs is 2. The minimum absolute atomic E-state index is 0.0662. The molecule has 3 unspecified atom stereocenters. The van der Waals surface area contributed by atoms with Gasteiger partial charge < -0.3 is 0 Å². The number of hydrogen-bond donors (Lipinski definition) is 0. The van der Waals surface area contributed by atoms with Gasteiger partial charge in [0.05, 0.1) is 6.04 Å². The van der Waals surface area contributed by atoms with E-state index in [4.69, 9.17) is 28.0 Å². The fraction of sp³-hybridized carbons (Fsp3) is 0.211. The zero-order valence-corrected chi connectivity index (χ0v) is 14.8. The fourth-order valence-electron chi connectivity index (χ4n) is 3.25. The highest BCUT2D eigenvalue weighted by Gasteiger charge is 2.39. The smallest absolute Gasteiger partial charge is 0.270 e. The number of halogens is 2. The van der Waals surface area contributed by atoms with E-state index in [2.05, 4.69) is 11.0 Å². The van der Waals surface area contributed by atoms with Gasteiger partial charge in [0.25, 0.3) is 5.91 Å². The van der Waals surface area contributed by atoms with Crippen LogP contribution in [0.1, 0.15) is 22.0 Å². The molecule has 0 N–H and O–H groups in total. The van der Waals surface area contributed by atoms with Gasteiger partial charge >= 0.3 is 0 Å². The van der Waals surface area contributed by atoms with Crippen LogP contribution in [0.4, 0.5) is 0 Å². The van der Waals surface area contributed by atoms with Gasteiger partial charge in [-0.15, -0.1) is 0 Å². The third-order valence-corrected chi connectivity index (χ3v) is 4.96. The molecule has 2 aliphatic rings. The summed E-state index contributed by atoms with van der Waals surface area (Å²) in [6.45, 7) is 1.16. The van der Waals surface area contributed by atoms with E-state index in [1.165, 1.54) is 5.06 Å². The molecule has 1 saturated heterocycles. The van der Waals surface area contributed by atoms with Crippen molar-refractivity contribution < 1.29 is 9.63 Å². The number of rotatable bonds is 2. The average Bonchev–Trinajstić information content (AvgIpc) is 2.61. The maximum absolute atomic E-state index is 12.7. The van der Waals surface area contributed by atoms with Crippen LogP contribution in [0.25, 0.3) is 0 Å². The molecular formula is C19H16Cl2N2O2. The van der Waals surface area contributed by atoms with E-state index in [1.807, 2.05) is 30.3 Å². The second kappa shape index (κ2) is 6.81. The lowest BCUT2D eigenvalue weighted by molar-refractivity contribution is -0.232. The number of carbonyl (C=O) groups is 1. The number of benzene rings is 2. The molecule has 6 heteroatoms. The van der Waals surface area contributed by atoms with Gasteiger partial charge in [-0.1, -0.05) is 47.5 Å². The first-order chi connectivity index (χ1) is 12.1. The maximum Gasteiger partial charge on any atom is 0.278 e. The highest BCUT2D eigenvalue weighted by Crippen LogP contribution is 2.35. The van der Waals surface area contributed by atoms with Crippen LogP contribution < -0.4 is 0 Å². The van der Waals surface area contributed by atoms with Crippen molar-refractivity contribution in [3.8, 4) is 0 Å². The third-order valence-electron chi connectivity index (χ3n) is 4.46. The molecule has 0 saturated carbocycles. The summed E-state index contributed by atoms with van der Waals surface area (Å²) >= 11 is 11.9. The van der Waals surface area contributed by atoms with Crippen molar-refractivity contribution in [1.82, 2.24) is 9.96 Å². The van der Waals surface area contributed by atoms with E-state index in [0.29, 0.717) is 22.3 Å². The summed E-state index contributed by atoms with van der Waals surface area (Å²) in [7, 11) is 0. The lowest BCUT2D eigenvalue weighted by atomic mass is 9.96. The molecule has 1 fully saturated rings. The van der Waals surface area contributed by atoms with Gasteiger partial charge in [-0.2, -0.15) is 0 Å². The molecule has 4 rings (SSSR count). The quantitative estimate of drug-likeness (QED) is 0.733. The van der Waals surface area contributed by atoms with Crippen molar-refractivity contribution in [2.24, 2.45) is 0 Å². The summed E-state index contributed by atoms with van der Waals surface area (Å²) in [5.74, 6) is -0.170. The second-order valence-corrected chi connectivity index (χ2v) is 6.97. The Morgan fingerprint density at radius 2 is 1.64 bits per heavy atom. The van der Waals surface area contributed by atoms with Crippen molar-refractivity contribution in [3.05, 3.63) is 81.9 Å². The fourth-order valence-corrected chi connectivity index (χ4v) is 3.50. The Balaban J connectivity index is 1.57. The molecule has 0 spiro atoms. The van der Waals surface area contributed by atoms with Crippen LogP contribution in [-0.4, -0.2) is 35.2 Å². The highest BCUT2D eigenvalue weighted by atomic mass is 35.5. The van der Waals surface area contributed by atoms with Crippen molar-refractivity contribution in [2.45, 2.75) is 12.1 Å². The molecule has 0 aliphatic carbocycles. The summed E-state index contributed by atoms with van der Waals surface area (Å²) in [6, 6.07) is 14.7. The predicted octanol–water partition coefficient (Wildman–Crippen LogP) is 4.32. The Morgan fingerprint density at radius 1 is 1.00 bits per heavy atom. The zero-order chi connectivity index (χ0) is 17.4. The van der Waals surface area contributed by atoms with Gasteiger partial charge in [0.2, 0.25) is 0 Å². The first-order valence-electron chi connectivity index (χ1n) is 8.02. The van der Waals surface area contributed by atoms with E-state index < -0.39 is 0 Å². The second-order valence-electron chi connectivity index (χ2n) is 6.10. The Morgan fingerprint density at radius 3 is 2.28 bits per heavy atom. The van der Waals surface area contributed by atoms with Crippen LogP contribution in [-0.2, 0) is 4.84 Å². The largest absolute Gasteiger partial charge is 0.278 e. The Kier molecular flexibility index (Phi) is 4.52. The maximum atomic E-state index is 12.7. The summed E-state index contributed by atoms with van der Waals surface area (Å²) in [6.07, 6.45) is 3.86. The molecule has 2 aliphatic heterocycles. The molecule has 0 radical (unpaired) electrons. The van der Waals surface area contributed by atoms with Crippen LogP contribution in [0, 0.1) is 0 Å². The molecule has 0 aromatic heterocycles. The molecule has 128 valence electrons. The molecule has 2 heterocycles. The standard InChI is InChI=1S/C19H16Cl2N2O2/c20-15-7-3-13(4-8-15)18-17-2-1-11-22(18)12-23(25-17)19(24)14-5-9-16(21)10-6-14/h1-10,17-18H,11-12H2. The van der Waals surface area contributed by atoms with Crippen molar-refractivity contribution in [1.29, 1.82) is 0 Å². The minimum atomic E-state index is -0.222. The molecule has 1 amide bonds. The number of nitrogens with zero attached hydrogens (tertiary/aromatic N) is 2. The molecular weight excluding hydrogens is 359 g/mol. The molecule has 2 bridgehead atoms. The SMILES string of the molecule is O=C(c1ccc(Cl)cc1)N1CN2CC=CC(O1)C2c1ccc(Cl)cc1. The number of carbonyl (C=O) groups excluding carboxylic acids is 1. The van der Waals surface area contributed by atoms with E-state index in [9.17, 15) is 4.79 Å². The van der Waals surface area contributed by atoms with Gasteiger partial charge in [-0.25, -0.2) is 5.06 Å². The third kappa shape index (κ3) is 3.31. The van der Waals surface area contributed by atoms with Crippen LogP contribution >= 0.6 is 23.2 Å². The zero-order valence-electron chi connectivity index (χ0n) is 13.3. The predicted molar refractivity (Wildman–Crippen MR) is 97.4 cm³/mol. The number of hydrogen-bond acceptors (Lipinski definition) is 3. The van der Waals surface area contributed by atoms with Gasteiger partial charge in [0, 0.05) is 22.2 Å². The van der Waals surface area contributed by atoms with Crippen molar-refractivity contribution in [3.63, 3.8) is 0 Å². The lowest BCUT2D eigenvalue weighted by Gasteiger charge is -2.46. The molecule has 4 nitrogen and oxygen atoms in total. The molecule has 2 aromatic rings. The van der Waals surface area contributed by atoms with Crippen LogP contribution in [0.3, 0.4) is 0 Å². The van der Waals surface area contributed by atoms with Gasteiger partial charge in [-0.05, 0) is 42.0 Å². The first-order valence-corrected chi connectivity index (χ1v) is 8.78. The minimum Gasteiger partial charge on any atom is -0.270 e. The summed E-state index contributed by atoms with van der Waals surface area (Å²) in [4.78, 5) is 20.9.